The predicted octanol–water partition coefficient (Wildman–Crippen LogP) is 3.70. The van der Waals surface area contributed by atoms with E-state index in [-0.39, 0.29) is 51.4 Å². The Morgan fingerprint density at radius 1 is 0.769 bits per heavy atom. The van der Waals surface area contributed by atoms with Gasteiger partial charge in [-0.15, -0.1) is 0 Å². The summed E-state index contributed by atoms with van der Waals surface area (Å²) >= 11 is 0. The van der Waals surface area contributed by atoms with Crippen molar-refractivity contribution in [3.8, 4) is 51.3 Å². The fourth-order valence-corrected chi connectivity index (χ4v) is 6.28. The molecular formula is C34H33N3O13S2. The molecule has 5 aromatic rings. The fraction of sp³-hybridized carbons (Fsp3) is 0.206. The number of ether oxygens (including phenoxy) is 5. The van der Waals surface area contributed by atoms with Crippen molar-refractivity contribution in [1.29, 1.82) is 0 Å². The maximum atomic E-state index is 14.8. The lowest BCUT2D eigenvalue weighted by Crippen LogP contribution is -2.27. The number of carbonyl (C=O) groups is 1. The van der Waals surface area contributed by atoms with E-state index in [9.17, 15) is 26.4 Å². The summed E-state index contributed by atoms with van der Waals surface area (Å²) in [5.41, 5.74) is 5.58. The number of fused-ring (bicyclic) bond motifs is 1. The van der Waals surface area contributed by atoms with Crippen molar-refractivity contribution >= 4 is 42.7 Å². The van der Waals surface area contributed by atoms with Crippen LogP contribution in [0, 0.1) is 0 Å². The molecule has 0 spiro atoms. The lowest BCUT2D eigenvalue weighted by molar-refractivity contribution is 0.0591. The highest BCUT2D eigenvalue weighted by molar-refractivity contribution is 7.86. The summed E-state index contributed by atoms with van der Waals surface area (Å²) < 4.78 is 91.0. The van der Waals surface area contributed by atoms with E-state index in [1.807, 2.05) is 0 Å². The molecular weight excluding hydrogens is 723 g/mol. The first kappa shape index (κ1) is 37.3. The van der Waals surface area contributed by atoms with Crippen LogP contribution in [0.25, 0.3) is 27.6 Å². The minimum Gasteiger partial charge on any atom is -0.493 e. The molecule has 0 amide bonds. The zero-order chi connectivity index (χ0) is 38.0. The molecule has 2 aromatic heterocycles. The Bertz CT molecular complexity index is 2420. The molecule has 0 fully saturated rings. The Morgan fingerprint density at radius 3 is 1.87 bits per heavy atom. The Balaban J connectivity index is 2.10. The number of hydrogen-bond acceptors (Lipinski definition) is 15. The van der Waals surface area contributed by atoms with Crippen LogP contribution < -0.4 is 38.6 Å². The van der Waals surface area contributed by atoms with E-state index in [1.54, 1.807) is 12.1 Å². The molecule has 2 heterocycles. The first-order chi connectivity index (χ1) is 24.6. The van der Waals surface area contributed by atoms with Gasteiger partial charge in [-0.05, 0) is 65.7 Å². The molecule has 0 radical (unpaired) electrons. The quantitative estimate of drug-likeness (QED) is 0.103. The van der Waals surface area contributed by atoms with Gasteiger partial charge in [-0.25, -0.2) is 4.79 Å². The van der Waals surface area contributed by atoms with Gasteiger partial charge in [0, 0.05) is 34.7 Å². The van der Waals surface area contributed by atoms with Crippen molar-refractivity contribution in [3.63, 3.8) is 0 Å². The minimum absolute atomic E-state index is 0.0817. The van der Waals surface area contributed by atoms with Crippen LogP contribution in [-0.2, 0) is 31.6 Å². The zero-order valence-corrected chi connectivity index (χ0v) is 30.3. The molecule has 5 rings (SSSR count). The molecule has 18 heteroatoms. The van der Waals surface area contributed by atoms with E-state index >= 15 is 0 Å². The highest BCUT2D eigenvalue weighted by Crippen LogP contribution is 2.51. The van der Waals surface area contributed by atoms with Gasteiger partial charge in [0.15, 0.2) is 23.0 Å². The van der Waals surface area contributed by atoms with Gasteiger partial charge in [-0.3, -0.25) is 14.3 Å². The number of rotatable bonds is 13. The third kappa shape index (κ3) is 7.66. The summed E-state index contributed by atoms with van der Waals surface area (Å²) in [7, 11) is -3.84. The molecule has 0 bridgehead atoms. The summed E-state index contributed by atoms with van der Waals surface area (Å²) in [5, 5.41) is -0.663. The Morgan fingerprint density at radius 2 is 1.35 bits per heavy atom. The maximum absolute atomic E-state index is 14.8. The highest BCUT2D eigenvalue weighted by atomic mass is 32.2. The van der Waals surface area contributed by atoms with E-state index in [4.69, 9.17) is 37.8 Å². The largest absolute Gasteiger partial charge is 0.493 e. The fourth-order valence-electron chi connectivity index (χ4n) is 5.36. The van der Waals surface area contributed by atoms with Crippen molar-refractivity contribution in [2.45, 2.75) is 6.61 Å². The molecule has 3 aromatic carbocycles. The number of hydrogen-bond donors (Lipinski definition) is 1. The summed E-state index contributed by atoms with van der Waals surface area (Å²) in [4.78, 5) is 32.6. The van der Waals surface area contributed by atoms with Gasteiger partial charge in [0.05, 0.1) is 46.3 Å². The molecule has 0 aliphatic carbocycles. The normalized spacial score (nSPS) is 11.5. The first-order valence-electron chi connectivity index (χ1n) is 15.0. The second-order valence-electron chi connectivity index (χ2n) is 11.0. The SMILES string of the molecule is COC(=O)c1c(-c2cc(OC)c(OC)c(OC)c2)c2c(OS(C)(=O)=O)c(OS(C)(=O)=O)c(OCc3ccncc3)cc2c(=O)n1-c1ccc(N)cc1. The zero-order valence-electron chi connectivity index (χ0n) is 28.7. The van der Waals surface area contributed by atoms with Gasteiger partial charge in [-0.2, -0.15) is 16.8 Å². The monoisotopic (exact) mass is 755 g/mol. The molecule has 2 N–H and O–H groups in total. The molecule has 0 saturated carbocycles. The molecule has 0 aliphatic heterocycles. The number of pyridine rings is 2. The van der Waals surface area contributed by atoms with Crippen LogP contribution >= 0.6 is 0 Å². The molecule has 0 unspecified atom stereocenters. The van der Waals surface area contributed by atoms with Gasteiger partial charge < -0.3 is 37.8 Å². The van der Waals surface area contributed by atoms with E-state index < -0.39 is 54.7 Å². The number of nitrogen functional groups attached to an aromatic ring is 1. The molecule has 52 heavy (non-hydrogen) atoms. The molecule has 0 saturated heterocycles. The first-order valence-corrected chi connectivity index (χ1v) is 18.6. The van der Waals surface area contributed by atoms with Crippen LogP contribution in [0.1, 0.15) is 16.1 Å². The number of benzene rings is 3. The average molecular weight is 756 g/mol. The van der Waals surface area contributed by atoms with Gasteiger partial charge >= 0.3 is 26.2 Å². The van der Waals surface area contributed by atoms with Gasteiger partial charge in [0.1, 0.15) is 12.3 Å². The van der Waals surface area contributed by atoms with Gasteiger partial charge in [0.2, 0.25) is 11.5 Å². The van der Waals surface area contributed by atoms with Crippen molar-refractivity contribution < 1.29 is 53.7 Å². The minimum atomic E-state index is -4.53. The average Bonchev–Trinajstić information content (AvgIpc) is 3.10. The summed E-state index contributed by atoms with van der Waals surface area (Å²) in [6.07, 6.45) is 4.40. The number of nitrogens with two attached hydrogens (primary N) is 1. The number of esters is 1. The standard InChI is InChI=1S/C34H33N3O13S2/c1-44-24-15-20(16-25(45-2)30(24)46-3)27-28-23(33(38)37(29(27)34(39)47-4)22-9-7-21(35)8-10-22)17-26(48-18-19-11-13-36-14-12-19)31(49-51(5,40)41)32(28)50-52(6,42)43/h7-17H,18,35H2,1-6H3. The van der Waals surface area contributed by atoms with E-state index in [0.29, 0.717) is 23.8 Å². The molecule has 0 aliphatic rings. The molecule has 274 valence electrons. The second-order valence-corrected chi connectivity index (χ2v) is 14.2. The number of anilines is 1. The van der Waals surface area contributed by atoms with Gasteiger partial charge in [-0.1, -0.05) is 0 Å². The van der Waals surface area contributed by atoms with Crippen LogP contribution in [0.15, 0.2) is 71.8 Å². The van der Waals surface area contributed by atoms with Crippen LogP contribution in [0.4, 0.5) is 5.69 Å². The lowest BCUT2D eigenvalue weighted by atomic mass is 9.94. The molecule has 0 atom stereocenters. The Hall–Kier alpha value is -6.01. The van der Waals surface area contributed by atoms with E-state index in [0.717, 1.165) is 17.7 Å². The van der Waals surface area contributed by atoms with E-state index in [1.165, 1.54) is 70.1 Å². The number of methoxy groups -OCH3 is 4. The topological polar surface area (TPSA) is 211 Å². The Kier molecular flexibility index (Phi) is 10.5. The number of aromatic nitrogens is 2. The highest BCUT2D eigenvalue weighted by Gasteiger charge is 2.34. The van der Waals surface area contributed by atoms with Crippen molar-refractivity contribution in [1.82, 2.24) is 9.55 Å². The smallest absolute Gasteiger partial charge is 0.355 e. The van der Waals surface area contributed by atoms with E-state index in [2.05, 4.69) is 4.98 Å². The summed E-state index contributed by atoms with van der Waals surface area (Å²) in [5.74, 6) is -2.62. The van der Waals surface area contributed by atoms with Gasteiger partial charge in [0.25, 0.3) is 5.56 Å². The van der Waals surface area contributed by atoms with Crippen molar-refractivity contribution in [2.24, 2.45) is 0 Å². The van der Waals surface area contributed by atoms with Crippen LogP contribution in [0.5, 0.6) is 34.5 Å². The second kappa shape index (κ2) is 14.7. The van der Waals surface area contributed by atoms with Crippen molar-refractivity contribution in [3.05, 3.63) is 88.6 Å². The van der Waals surface area contributed by atoms with Crippen molar-refractivity contribution in [2.75, 3.05) is 46.7 Å². The van der Waals surface area contributed by atoms with Crippen LogP contribution in [-0.4, -0.2) is 73.3 Å². The third-order valence-electron chi connectivity index (χ3n) is 7.44. The number of nitrogens with zero attached hydrogens (tertiary/aromatic N) is 2. The summed E-state index contributed by atoms with van der Waals surface area (Å²) in [6.45, 7) is -0.210. The maximum Gasteiger partial charge on any atom is 0.355 e. The predicted molar refractivity (Wildman–Crippen MR) is 190 cm³/mol. The summed E-state index contributed by atoms with van der Waals surface area (Å²) in [6, 6.07) is 13.2. The van der Waals surface area contributed by atoms with Crippen LogP contribution in [0.3, 0.4) is 0 Å². The molecule has 16 nitrogen and oxygen atoms in total. The third-order valence-corrected chi connectivity index (χ3v) is 8.38. The lowest BCUT2D eigenvalue weighted by Gasteiger charge is -2.23. The Labute approximate surface area is 298 Å². The number of carbonyl (C=O) groups excluding carboxylic acids is 1. The van der Waals surface area contributed by atoms with Crippen LogP contribution in [0.2, 0.25) is 0 Å².